The number of anilines is 1. The maximum atomic E-state index is 13.6. The van der Waals surface area contributed by atoms with Gasteiger partial charge in [0.05, 0.1) is 40.7 Å². The van der Waals surface area contributed by atoms with Crippen LogP contribution in [0.3, 0.4) is 0 Å². The number of ether oxygens (including phenoxy) is 1. The molecule has 2 saturated heterocycles. The van der Waals surface area contributed by atoms with E-state index in [-0.39, 0.29) is 96.3 Å². The number of fused-ring (bicyclic) bond motifs is 2. The number of rotatable bonds is 20. The Morgan fingerprint density at radius 3 is 2.41 bits per heavy atom. The summed E-state index contributed by atoms with van der Waals surface area (Å²) in [5, 5.41) is 13.9. The second-order valence-electron chi connectivity index (χ2n) is 19.3. The van der Waals surface area contributed by atoms with E-state index in [1.54, 1.807) is 23.9 Å². The molecule has 4 aromatic heterocycles. The Hall–Kier alpha value is -8.04. The highest BCUT2D eigenvalue weighted by Gasteiger charge is 2.46. The molecule has 22 nitrogen and oxygen atoms in total. The molecule has 74 heavy (non-hydrogen) atoms. The van der Waals surface area contributed by atoms with Crippen LogP contribution in [-0.2, 0) is 43.4 Å². The Balaban J connectivity index is 0.652. The van der Waals surface area contributed by atoms with Crippen LogP contribution in [0.2, 0.25) is 0 Å². The summed E-state index contributed by atoms with van der Waals surface area (Å²) >= 11 is 0. The van der Waals surface area contributed by atoms with Crippen molar-refractivity contribution < 1.29 is 43.1 Å². The van der Waals surface area contributed by atoms with Crippen molar-refractivity contribution >= 4 is 63.7 Å². The molecular weight excluding hydrogens is 953 g/mol. The van der Waals surface area contributed by atoms with Gasteiger partial charge in [0.25, 0.3) is 17.4 Å². The summed E-state index contributed by atoms with van der Waals surface area (Å²) in [4.78, 5) is 134. The number of pyridine rings is 2. The van der Waals surface area contributed by atoms with E-state index in [9.17, 15) is 43.2 Å². The van der Waals surface area contributed by atoms with Gasteiger partial charge >= 0.3 is 0 Å². The molecule has 6 amide bonds. The number of carbonyl (C=O) groups is 8. The average molecular weight is 1010 g/mol. The Bertz CT molecular complexity index is 3100. The van der Waals surface area contributed by atoms with E-state index in [0.717, 1.165) is 42.0 Å². The van der Waals surface area contributed by atoms with E-state index in [1.807, 2.05) is 23.2 Å². The Morgan fingerprint density at radius 2 is 1.66 bits per heavy atom. The molecule has 3 aliphatic heterocycles. The number of carbonyl (C=O) groups excluding carboxylic acids is 8. The molecule has 0 bridgehead atoms. The van der Waals surface area contributed by atoms with Crippen LogP contribution in [0, 0.1) is 6.92 Å². The maximum absolute atomic E-state index is 13.6. The lowest BCUT2D eigenvalue weighted by Gasteiger charge is -2.36. The van der Waals surface area contributed by atoms with Gasteiger partial charge in [0.2, 0.25) is 23.6 Å². The summed E-state index contributed by atoms with van der Waals surface area (Å²) in [5.41, 5.74) is 3.46. The van der Waals surface area contributed by atoms with Gasteiger partial charge < -0.3 is 19.9 Å². The summed E-state index contributed by atoms with van der Waals surface area (Å²) < 4.78 is 8.83. The Morgan fingerprint density at radius 1 is 0.865 bits per heavy atom. The maximum Gasteiger partial charge on any atom is 0.266 e. The van der Waals surface area contributed by atoms with Crippen molar-refractivity contribution in [3.63, 3.8) is 0 Å². The predicted octanol–water partition coefficient (Wildman–Crippen LogP) is 3.00. The molecule has 22 heteroatoms. The Labute approximate surface area is 425 Å². The normalized spacial score (nSPS) is 17.0. The van der Waals surface area contributed by atoms with Gasteiger partial charge in [0, 0.05) is 87.9 Å². The molecule has 386 valence electrons. The number of nitrogens with zero attached hydrogens (tertiary/aromatic N) is 10. The molecule has 7 heterocycles. The van der Waals surface area contributed by atoms with Crippen LogP contribution in [0.15, 0.2) is 53.7 Å². The van der Waals surface area contributed by atoms with Crippen LogP contribution in [0.25, 0.3) is 11.0 Å². The number of ketones is 2. The van der Waals surface area contributed by atoms with Crippen molar-refractivity contribution in [1.82, 2.24) is 54.9 Å². The lowest BCUT2D eigenvalue weighted by molar-refractivity contribution is -0.136. The summed E-state index contributed by atoms with van der Waals surface area (Å²) in [6, 6.07) is 7.30. The van der Waals surface area contributed by atoms with Gasteiger partial charge in [-0.15, -0.1) is 5.10 Å². The van der Waals surface area contributed by atoms with Crippen LogP contribution < -0.4 is 25.8 Å². The van der Waals surface area contributed by atoms with E-state index in [0.29, 0.717) is 92.9 Å². The highest BCUT2D eigenvalue weighted by atomic mass is 16.5. The minimum Gasteiger partial charge on any atom is -0.485 e. The number of piperazine rings is 1. The van der Waals surface area contributed by atoms with Crippen LogP contribution in [0.4, 0.5) is 5.69 Å². The summed E-state index contributed by atoms with van der Waals surface area (Å²) in [6.07, 6.45) is 12.0. The highest BCUT2D eigenvalue weighted by Crippen LogP contribution is 2.34. The number of Topliss-reactive ketones (excluding diaryl/α,β-unsaturated/α-hetero) is 2. The van der Waals surface area contributed by atoms with Gasteiger partial charge in [-0.2, -0.15) is 0 Å². The van der Waals surface area contributed by atoms with E-state index in [1.165, 1.54) is 29.8 Å². The molecule has 1 aliphatic carbocycles. The summed E-state index contributed by atoms with van der Waals surface area (Å²) in [7, 11) is 0. The molecule has 1 aromatic carbocycles. The van der Waals surface area contributed by atoms with Crippen molar-refractivity contribution in [1.29, 1.82) is 0 Å². The highest BCUT2D eigenvalue weighted by molar-refractivity contribution is 6.24. The second kappa shape index (κ2) is 22.4. The third-order valence-electron chi connectivity index (χ3n) is 14.2. The van der Waals surface area contributed by atoms with Crippen molar-refractivity contribution in [2.75, 3.05) is 44.2 Å². The van der Waals surface area contributed by atoms with Crippen LogP contribution >= 0.6 is 0 Å². The average Bonchev–Trinajstić information content (AvgIpc) is 4.14. The van der Waals surface area contributed by atoms with Crippen molar-refractivity contribution in [3.8, 4) is 5.75 Å². The lowest BCUT2D eigenvalue weighted by Crippen LogP contribution is -2.54. The zero-order chi connectivity index (χ0) is 52.0. The van der Waals surface area contributed by atoms with Gasteiger partial charge in [0.15, 0.2) is 11.6 Å². The lowest BCUT2D eigenvalue weighted by atomic mass is 10.0. The number of benzene rings is 1. The van der Waals surface area contributed by atoms with Crippen LogP contribution in [0.5, 0.6) is 5.75 Å². The van der Waals surface area contributed by atoms with E-state index in [4.69, 9.17) is 14.7 Å². The van der Waals surface area contributed by atoms with Gasteiger partial charge in [-0.25, -0.2) is 14.6 Å². The van der Waals surface area contributed by atoms with Crippen molar-refractivity contribution in [3.05, 3.63) is 98.7 Å². The van der Waals surface area contributed by atoms with Crippen LogP contribution in [0.1, 0.15) is 137 Å². The molecule has 0 radical (unpaired) electrons. The quantitative estimate of drug-likeness (QED) is 0.0644. The third-order valence-corrected chi connectivity index (χ3v) is 14.2. The number of hydrogen-bond acceptors (Lipinski definition) is 16. The van der Waals surface area contributed by atoms with E-state index >= 15 is 0 Å². The van der Waals surface area contributed by atoms with Crippen molar-refractivity contribution in [2.45, 2.75) is 116 Å². The fraction of sp³-hybridized carbons (Fsp3) is 0.462. The summed E-state index contributed by atoms with van der Waals surface area (Å²) in [5.74, 6) is -2.67. The Kier molecular flexibility index (Phi) is 15.4. The number of amides is 6. The van der Waals surface area contributed by atoms with Crippen LogP contribution in [-0.4, -0.2) is 137 Å². The molecule has 1 atom stereocenters. The fourth-order valence-electron chi connectivity index (χ4n) is 10.3. The number of piperidine rings is 1. The minimum atomic E-state index is -1.11. The monoisotopic (exact) mass is 1010 g/mol. The van der Waals surface area contributed by atoms with Crippen molar-refractivity contribution in [2.24, 2.45) is 0 Å². The number of aromatic nitrogens is 7. The topological polar surface area (TPSA) is 271 Å². The largest absolute Gasteiger partial charge is 0.485 e. The minimum absolute atomic E-state index is 0.0000725. The number of imide groups is 2. The smallest absolute Gasteiger partial charge is 0.266 e. The van der Waals surface area contributed by atoms with E-state index in [2.05, 4.69) is 30.8 Å². The zero-order valence-electron chi connectivity index (χ0n) is 41.5. The molecule has 2 N–H and O–H groups in total. The molecule has 3 fully saturated rings. The fourth-order valence-corrected chi connectivity index (χ4v) is 10.3. The SMILES string of the molecule is CC(=O)c1c(C)c2cnc(Cc3ccc(N4CCN(C(=O)CCc5cn(CC(=O)NCCCCCC(=O)COc6cccc7c6C(=O)N(C6CCC(=O)NC6=O)C7=O)nn5)CC4)cn3)nc2n(C2CCCC2)c1=O. The van der Waals surface area contributed by atoms with Gasteiger partial charge in [0.1, 0.15) is 36.4 Å². The predicted molar refractivity (Wildman–Crippen MR) is 265 cm³/mol. The first kappa shape index (κ1) is 50.9. The molecule has 4 aliphatic rings. The summed E-state index contributed by atoms with van der Waals surface area (Å²) in [6.45, 7) is 5.63. The number of unbranched alkanes of at least 4 members (excludes halogenated alkanes) is 2. The first-order valence-corrected chi connectivity index (χ1v) is 25.3. The van der Waals surface area contributed by atoms with E-state index < -0.39 is 29.7 Å². The van der Waals surface area contributed by atoms with Gasteiger partial charge in [-0.3, -0.25) is 62.9 Å². The zero-order valence-corrected chi connectivity index (χ0v) is 41.5. The molecule has 1 saturated carbocycles. The molecule has 0 spiro atoms. The number of hydrogen-bond donors (Lipinski definition) is 2. The van der Waals surface area contributed by atoms with Gasteiger partial charge in [-0.05, 0) is 75.8 Å². The second-order valence-corrected chi connectivity index (χ2v) is 19.3. The molecule has 9 rings (SSSR count). The first-order chi connectivity index (χ1) is 35.7. The third kappa shape index (κ3) is 11.1. The standard InChI is InChI=1S/C52H58N12O10/c1-31-39-27-55-42(56-48(39)63(35-9-5-6-10-35)51(72)46(31)32(2)65)25-33-14-16-36(26-54-33)60-21-23-61(24-22-60)45(69)19-15-34-28-62(59-58-34)29-44(68)53-20-7-3-4-11-37(66)30-74-41-13-8-12-38-47(41)52(73)64(50(38)71)40-17-18-43(67)57-49(40)70/h8,12-14,16,26-28,35,40H,3-7,9-11,15,17-25,29-30H2,1-2H3,(H,53,68)(H,57,67,70). The van der Waals surface area contributed by atoms with Gasteiger partial charge in [-0.1, -0.05) is 30.5 Å². The molecular formula is C52H58N12O10. The first-order valence-electron chi connectivity index (χ1n) is 25.3. The number of aryl methyl sites for hydroxylation is 2. The number of nitrogens with one attached hydrogen (secondary N) is 2. The molecule has 5 aromatic rings. The molecule has 1 unspecified atom stereocenters.